The van der Waals surface area contributed by atoms with Crippen LogP contribution in [0.25, 0.3) is 0 Å². The number of hydrogen-bond acceptors (Lipinski definition) is 14. The molecule has 2 aromatic heterocycles. The number of anilines is 1. The highest BCUT2D eigenvalue weighted by atomic mass is 16.4. The zero-order valence-corrected chi connectivity index (χ0v) is 27.4. The van der Waals surface area contributed by atoms with Crippen LogP contribution in [0.15, 0.2) is 53.3 Å². The minimum Gasteiger partial charge on any atom is -0.510 e. The summed E-state index contributed by atoms with van der Waals surface area (Å²) in [6, 6.07) is 3.99. The summed E-state index contributed by atoms with van der Waals surface area (Å²) in [6.45, 7) is 0.716. The second kappa shape index (κ2) is 11.7. The highest BCUT2D eigenvalue weighted by molar-refractivity contribution is 6.25. The van der Waals surface area contributed by atoms with Crippen molar-refractivity contribution in [1.29, 1.82) is 0 Å². The molecule has 17 nitrogen and oxygen atoms in total. The lowest BCUT2D eigenvalue weighted by molar-refractivity contribution is -0.153. The number of phenols is 1. The molecule has 3 aromatic rings. The van der Waals surface area contributed by atoms with Gasteiger partial charge in [-0.2, -0.15) is 15.0 Å². The molecule has 3 aliphatic carbocycles. The standard InChI is InChI=1S/C32H39N9O8/c1-38(2)20-9-15(12-40(13-16-5-7-35-37-16)14-17-6-8-36-41(17)34)25(42)21-18(20)10-31(48)11-19-24(39(3)4)27(44)22(30(33)47)28(45)32(19,49)29(46)23(31)26(21)43/h5-9,19,24,42,44,46,48-49H,10-14,34H2,1-4H3,(H2,33,47)(H,35,37)/t19-,24-,31+,32+/m0/s1. The summed E-state index contributed by atoms with van der Waals surface area (Å²) in [4.78, 5) is 46.7. The number of carbonyl (C=O) groups is 3. The summed E-state index contributed by atoms with van der Waals surface area (Å²) in [5.74, 6) is -1.46. The highest BCUT2D eigenvalue weighted by Crippen LogP contribution is 2.55. The number of aliphatic hydroxyl groups is 4. The number of fused-ring (bicyclic) bond motifs is 3. The van der Waals surface area contributed by atoms with E-state index in [1.54, 1.807) is 49.6 Å². The monoisotopic (exact) mass is 677 g/mol. The second-order valence-corrected chi connectivity index (χ2v) is 13.3. The molecule has 4 atom stereocenters. The zero-order chi connectivity index (χ0) is 35.7. The van der Waals surface area contributed by atoms with Gasteiger partial charge in [0.05, 0.1) is 29.1 Å². The molecule has 0 radical (unpaired) electrons. The molecule has 0 spiro atoms. The first-order chi connectivity index (χ1) is 23.0. The molecule has 0 saturated carbocycles. The summed E-state index contributed by atoms with van der Waals surface area (Å²) in [7, 11) is 6.49. The number of hydrogen-bond donors (Lipinski definition) is 8. The Morgan fingerprint density at radius 2 is 1.80 bits per heavy atom. The number of H-pyrrole nitrogens is 1. The lowest BCUT2D eigenvalue weighted by atomic mass is 9.56. The molecule has 1 aromatic carbocycles. The van der Waals surface area contributed by atoms with Crippen molar-refractivity contribution in [1.82, 2.24) is 29.9 Å². The quantitative estimate of drug-likeness (QED) is 0.101. The molecule has 0 bridgehead atoms. The van der Waals surface area contributed by atoms with Crippen molar-refractivity contribution in [2.24, 2.45) is 11.7 Å². The number of primary amides is 1. The Morgan fingerprint density at radius 1 is 1.08 bits per heavy atom. The van der Waals surface area contributed by atoms with Crippen molar-refractivity contribution in [3.8, 4) is 5.75 Å². The highest BCUT2D eigenvalue weighted by Gasteiger charge is 2.66. The summed E-state index contributed by atoms with van der Waals surface area (Å²) in [5, 5.41) is 69.6. The number of benzene rings is 1. The van der Waals surface area contributed by atoms with Gasteiger partial charge in [-0.3, -0.25) is 29.3 Å². The number of nitrogens with one attached hydrogen (secondary N) is 1. The van der Waals surface area contributed by atoms with Crippen molar-refractivity contribution in [3.63, 3.8) is 0 Å². The Labute approximate surface area is 280 Å². The van der Waals surface area contributed by atoms with Gasteiger partial charge >= 0.3 is 0 Å². The van der Waals surface area contributed by atoms with Gasteiger partial charge in [0.15, 0.2) is 11.4 Å². The average molecular weight is 678 g/mol. The topological polar surface area (TPSA) is 261 Å². The van der Waals surface area contributed by atoms with Gasteiger partial charge < -0.3 is 42.0 Å². The summed E-state index contributed by atoms with van der Waals surface area (Å²) in [5.41, 5.74) is 1.07. The Morgan fingerprint density at radius 3 is 2.37 bits per heavy atom. The van der Waals surface area contributed by atoms with Crippen LogP contribution in [-0.4, -0.2) is 118 Å². The van der Waals surface area contributed by atoms with Crippen molar-refractivity contribution in [2.45, 2.75) is 49.7 Å². The van der Waals surface area contributed by atoms with E-state index in [2.05, 4.69) is 15.3 Å². The van der Waals surface area contributed by atoms with E-state index in [0.717, 1.165) is 5.69 Å². The third-order valence-corrected chi connectivity index (χ3v) is 9.80. The van der Waals surface area contributed by atoms with E-state index < -0.39 is 75.5 Å². The molecule has 17 heteroatoms. The van der Waals surface area contributed by atoms with Crippen molar-refractivity contribution in [2.75, 3.05) is 38.9 Å². The molecular formula is C32H39N9O8. The molecule has 3 aliphatic rings. The SMILES string of the molecule is CN(C)c1cc(CN(Cc2ccn[nH]2)Cc2ccnn2N)c(O)c2c1C[C@@]1(O)C[C@H]3[C@H](N(C)C)C(O)=C(C(N)=O)C(=O)[C@@]3(O)C(O)=C1C2=O. The largest absolute Gasteiger partial charge is 0.510 e. The van der Waals surface area contributed by atoms with Crippen molar-refractivity contribution < 1.29 is 39.9 Å². The minimum atomic E-state index is -2.90. The number of nitrogens with two attached hydrogens (primary N) is 2. The van der Waals surface area contributed by atoms with E-state index in [0.29, 0.717) is 23.5 Å². The summed E-state index contributed by atoms with van der Waals surface area (Å²) in [6.07, 6.45) is 2.38. The van der Waals surface area contributed by atoms with Crippen LogP contribution in [0.3, 0.4) is 0 Å². The molecule has 10 N–H and O–H groups in total. The van der Waals surface area contributed by atoms with Crippen LogP contribution in [0.1, 0.15) is 39.3 Å². The van der Waals surface area contributed by atoms with Gasteiger partial charge in [-0.25, -0.2) is 0 Å². The first-order valence-corrected chi connectivity index (χ1v) is 15.4. The lowest BCUT2D eigenvalue weighted by Crippen LogP contribution is -2.66. The number of aromatic hydroxyl groups is 1. The second-order valence-electron chi connectivity index (χ2n) is 13.3. The van der Waals surface area contributed by atoms with Gasteiger partial charge in [-0.05, 0) is 44.3 Å². The van der Waals surface area contributed by atoms with Crippen LogP contribution in [0.5, 0.6) is 5.75 Å². The molecule has 260 valence electrons. The fourth-order valence-electron chi connectivity index (χ4n) is 7.61. The van der Waals surface area contributed by atoms with E-state index >= 15 is 0 Å². The predicted molar refractivity (Wildman–Crippen MR) is 173 cm³/mol. The Hall–Kier alpha value is -5.23. The van der Waals surface area contributed by atoms with Crippen LogP contribution < -0.4 is 16.5 Å². The fourth-order valence-corrected chi connectivity index (χ4v) is 7.61. The van der Waals surface area contributed by atoms with Crippen LogP contribution in [-0.2, 0) is 35.6 Å². The van der Waals surface area contributed by atoms with Gasteiger partial charge in [0.2, 0.25) is 5.78 Å². The van der Waals surface area contributed by atoms with E-state index in [-0.39, 0.29) is 30.6 Å². The average Bonchev–Trinajstić information content (AvgIpc) is 3.67. The molecule has 0 saturated heterocycles. The number of aliphatic hydroxyl groups excluding tert-OH is 2. The van der Waals surface area contributed by atoms with Crippen LogP contribution in [0.4, 0.5) is 5.69 Å². The lowest BCUT2D eigenvalue weighted by Gasteiger charge is -2.52. The molecule has 6 rings (SSSR count). The maximum atomic E-state index is 14.5. The van der Waals surface area contributed by atoms with Crippen molar-refractivity contribution >= 4 is 23.2 Å². The fraction of sp³-hybridized carbons (Fsp3) is 0.406. The number of rotatable bonds is 9. The number of amides is 1. The minimum absolute atomic E-state index is 0.0911. The van der Waals surface area contributed by atoms with Crippen LogP contribution in [0.2, 0.25) is 0 Å². The number of carbonyl (C=O) groups excluding carboxylic acids is 3. The summed E-state index contributed by atoms with van der Waals surface area (Å²) >= 11 is 0. The van der Waals surface area contributed by atoms with Gasteiger partial charge in [0, 0.05) is 69.2 Å². The van der Waals surface area contributed by atoms with Gasteiger partial charge in [0.1, 0.15) is 28.4 Å². The smallest absolute Gasteiger partial charge is 0.255 e. The normalized spacial score (nSPS) is 25.1. The van der Waals surface area contributed by atoms with E-state index in [1.165, 1.54) is 23.8 Å². The molecular weight excluding hydrogens is 638 g/mol. The van der Waals surface area contributed by atoms with Gasteiger partial charge in [-0.15, -0.1) is 0 Å². The number of nitrogens with zero attached hydrogens (tertiary/aromatic N) is 6. The van der Waals surface area contributed by atoms with Crippen molar-refractivity contribution in [3.05, 3.63) is 81.3 Å². The molecule has 1 amide bonds. The number of Topliss-reactive ketones (excluding diaryl/α,β-unsaturated/α-hetero) is 2. The summed E-state index contributed by atoms with van der Waals surface area (Å²) < 4.78 is 0. The van der Waals surface area contributed by atoms with Crippen LogP contribution >= 0.6 is 0 Å². The first-order valence-electron chi connectivity index (χ1n) is 15.4. The third-order valence-electron chi connectivity index (χ3n) is 9.80. The Kier molecular flexibility index (Phi) is 8.06. The number of aromatic nitrogens is 4. The molecule has 2 heterocycles. The van der Waals surface area contributed by atoms with Gasteiger partial charge in [0.25, 0.3) is 5.91 Å². The third kappa shape index (κ3) is 5.13. The number of likely N-dealkylation sites (N-methyl/N-ethyl adjacent to an activating group) is 1. The number of nitrogen functional groups attached to an aromatic ring is 1. The molecule has 0 unspecified atom stereocenters. The van der Waals surface area contributed by atoms with E-state index in [9.17, 15) is 39.9 Å². The van der Waals surface area contributed by atoms with Gasteiger partial charge in [-0.1, -0.05) is 0 Å². The zero-order valence-electron chi connectivity index (χ0n) is 27.4. The molecule has 0 fully saturated rings. The maximum Gasteiger partial charge on any atom is 0.255 e. The first kappa shape index (κ1) is 33.7. The Bertz CT molecular complexity index is 1930. The van der Waals surface area contributed by atoms with E-state index in [4.69, 9.17) is 11.6 Å². The van der Waals surface area contributed by atoms with E-state index in [1.807, 2.05) is 4.90 Å². The molecule has 49 heavy (non-hydrogen) atoms. The maximum absolute atomic E-state index is 14.5. The Balaban J connectivity index is 1.50. The number of ketones is 2. The molecule has 0 aliphatic heterocycles. The number of aromatic amines is 1. The van der Waals surface area contributed by atoms with Crippen LogP contribution in [0, 0.1) is 5.92 Å². The predicted octanol–water partition coefficient (Wildman–Crippen LogP) is -0.863. The number of phenolic OH excluding ortho intramolecular Hbond substituents is 1.